The summed E-state index contributed by atoms with van der Waals surface area (Å²) in [5.41, 5.74) is 3.39. The normalized spacial score (nSPS) is 26.0. The zero-order valence-corrected chi connectivity index (χ0v) is 16.0. The fourth-order valence-corrected chi connectivity index (χ4v) is 4.38. The summed E-state index contributed by atoms with van der Waals surface area (Å²) in [5.74, 6) is 0.107. The Kier molecular flexibility index (Phi) is 4.74. The highest BCUT2D eigenvalue weighted by atomic mass is 35.5. The second-order valence-corrected chi connectivity index (χ2v) is 7.66. The van der Waals surface area contributed by atoms with Crippen molar-refractivity contribution in [3.63, 3.8) is 0 Å². The van der Waals surface area contributed by atoms with Crippen LogP contribution < -0.4 is 0 Å². The van der Waals surface area contributed by atoms with Crippen LogP contribution in [0.25, 0.3) is 12.2 Å². The van der Waals surface area contributed by atoms with Crippen molar-refractivity contribution in [1.29, 1.82) is 0 Å². The predicted molar refractivity (Wildman–Crippen MR) is 108 cm³/mol. The van der Waals surface area contributed by atoms with Crippen molar-refractivity contribution in [3.05, 3.63) is 80.8 Å². The third-order valence-corrected chi connectivity index (χ3v) is 6.06. The summed E-state index contributed by atoms with van der Waals surface area (Å²) in [6.07, 6.45) is 5.85. The molecule has 0 aliphatic carbocycles. The minimum Gasteiger partial charge on any atom is -0.292 e. The fourth-order valence-electron chi connectivity index (χ4n) is 4.00. The first kappa shape index (κ1) is 17.5. The van der Waals surface area contributed by atoms with Crippen LogP contribution in [0.15, 0.2) is 59.7 Å². The van der Waals surface area contributed by atoms with E-state index in [1.165, 1.54) is 0 Å². The van der Waals surface area contributed by atoms with Crippen molar-refractivity contribution >= 4 is 41.1 Å². The van der Waals surface area contributed by atoms with Crippen LogP contribution >= 0.6 is 23.2 Å². The van der Waals surface area contributed by atoms with E-state index in [0.29, 0.717) is 10.0 Å². The summed E-state index contributed by atoms with van der Waals surface area (Å²) in [5, 5.41) is 1.32. The number of halogens is 2. The van der Waals surface area contributed by atoms with Crippen LogP contribution in [-0.4, -0.2) is 29.8 Å². The second kappa shape index (κ2) is 7.03. The van der Waals surface area contributed by atoms with Gasteiger partial charge in [-0.3, -0.25) is 9.69 Å². The molecule has 0 saturated carbocycles. The predicted octanol–water partition coefficient (Wildman–Crippen LogP) is 5.51. The molecule has 0 amide bonds. The second-order valence-electron chi connectivity index (χ2n) is 6.85. The average Bonchev–Trinajstić information content (AvgIpc) is 2.94. The molecule has 2 atom stereocenters. The van der Waals surface area contributed by atoms with Crippen molar-refractivity contribution in [3.8, 4) is 0 Å². The molecule has 4 rings (SSSR count). The lowest BCUT2D eigenvalue weighted by molar-refractivity contribution is -0.114. The van der Waals surface area contributed by atoms with E-state index in [9.17, 15) is 4.79 Å². The highest BCUT2D eigenvalue weighted by Gasteiger charge is 2.44. The molecule has 2 aromatic carbocycles. The number of piperidine rings is 1. The van der Waals surface area contributed by atoms with E-state index in [4.69, 9.17) is 23.2 Å². The van der Waals surface area contributed by atoms with E-state index in [2.05, 4.69) is 11.9 Å². The van der Waals surface area contributed by atoms with E-state index in [1.807, 2.05) is 60.7 Å². The van der Waals surface area contributed by atoms with Gasteiger partial charge in [0.15, 0.2) is 5.78 Å². The molecule has 132 valence electrons. The number of hydrogen-bond donors (Lipinski definition) is 0. The van der Waals surface area contributed by atoms with Gasteiger partial charge in [0.05, 0.1) is 0 Å². The number of benzene rings is 2. The largest absolute Gasteiger partial charge is 0.292 e. The summed E-state index contributed by atoms with van der Waals surface area (Å²) in [6, 6.07) is 15.6. The topological polar surface area (TPSA) is 20.3 Å². The Balaban J connectivity index is 1.81. The molecule has 2 saturated heterocycles. The molecule has 2 heterocycles. The summed E-state index contributed by atoms with van der Waals surface area (Å²) in [7, 11) is 2.09. The molecule has 2 bridgehead atoms. The van der Waals surface area contributed by atoms with Gasteiger partial charge >= 0.3 is 0 Å². The van der Waals surface area contributed by atoms with Crippen LogP contribution in [-0.2, 0) is 4.79 Å². The first-order valence-electron chi connectivity index (χ1n) is 8.75. The molecular formula is C22H19Cl2NO. The molecule has 0 unspecified atom stereocenters. The molecule has 0 N–H and O–H groups in total. The number of nitrogens with zero attached hydrogens (tertiary/aromatic N) is 1. The lowest BCUT2D eigenvalue weighted by Crippen LogP contribution is -2.43. The SMILES string of the molecule is CN1[C@@H]2CC[C@H]1/C(=C/c1ccccc1Cl)C(=O)/C2=C\c1ccccc1Cl. The highest BCUT2D eigenvalue weighted by Crippen LogP contribution is 2.41. The molecule has 2 fully saturated rings. The molecular weight excluding hydrogens is 365 g/mol. The van der Waals surface area contributed by atoms with Gasteiger partial charge in [-0.05, 0) is 55.3 Å². The molecule has 2 aliphatic heterocycles. The molecule has 0 aromatic heterocycles. The zero-order chi connectivity index (χ0) is 18.3. The fraction of sp³-hybridized carbons (Fsp3) is 0.227. The summed E-state index contributed by atoms with van der Waals surface area (Å²) >= 11 is 12.6. The van der Waals surface area contributed by atoms with Crippen molar-refractivity contribution in [2.24, 2.45) is 0 Å². The quantitative estimate of drug-likeness (QED) is 0.637. The number of hydrogen-bond acceptors (Lipinski definition) is 2. The van der Waals surface area contributed by atoms with E-state index in [1.54, 1.807) is 0 Å². The lowest BCUT2D eigenvalue weighted by atomic mass is 9.88. The Hall–Kier alpha value is -1.87. The number of ketones is 1. The monoisotopic (exact) mass is 383 g/mol. The first-order valence-corrected chi connectivity index (χ1v) is 9.50. The molecule has 2 aromatic rings. The average molecular weight is 384 g/mol. The van der Waals surface area contributed by atoms with Crippen LogP contribution in [0.4, 0.5) is 0 Å². The number of carbonyl (C=O) groups excluding carboxylic acids is 1. The Labute approximate surface area is 163 Å². The zero-order valence-electron chi connectivity index (χ0n) is 14.5. The number of fused-ring (bicyclic) bond motifs is 2. The third-order valence-electron chi connectivity index (χ3n) is 5.37. The van der Waals surface area contributed by atoms with Crippen molar-refractivity contribution < 1.29 is 4.79 Å². The molecule has 0 spiro atoms. The van der Waals surface area contributed by atoms with Gasteiger partial charge in [0.2, 0.25) is 0 Å². The Morgan fingerprint density at radius 3 is 1.69 bits per heavy atom. The first-order chi connectivity index (χ1) is 12.6. The van der Waals surface area contributed by atoms with Crippen LogP contribution in [0.2, 0.25) is 10.0 Å². The van der Waals surface area contributed by atoms with E-state index in [-0.39, 0.29) is 17.9 Å². The van der Waals surface area contributed by atoms with Gasteiger partial charge in [-0.1, -0.05) is 59.6 Å². The molecule has 4 heteroatoms. The highest BCUT2D eigenvalue weighted by molar-refractivity contribution is 6.33. The maximum atomic E-state index is 13.3. The van der Waals surface area contributed by atoms with Gasteiger partial charge in [-0.25, -0.2) is 0 Å². The maximum Gasteiger partial charge on any atom is 0.188 e. The Morgan fingerprint density at radius 2 is 1.27 bits per heavy atom. The lowest BCUT2D eigenvalue weighted by Gasteiger charge is -2.34. The van der Waals surface area contributed by atoms with Gasteiger partial charge in [0.25, 0.3) is 0 Å². The van der Waals surface area contributed by atoms with Gasteiger partial charge < -0.3 is 0 Å². The molecule has 0 radical (unpaired) electrons. The van der Waals surface area contributed by atoms with Gasteiger partial charge in [0.1, 0.15) is 0 Å². The summed E-state index contributed by atoms with van der Waals surface area (Å²) in [4.78, 5) is 15.6. The van der Waals surface area contributed by atoms with Crippen molar-refractivity contribution in [2.45, 2.75) is 24.9 Å². The molecule has 26 heavy (non-hydrogen) atoms. The van der Waals surface area contributed by atoms with Crippen LogP contribution in [0.1, 0.15) is 24.0 Å². The van der Waals surface area contributed by atoms with E-state index < -0.39 is 0 Å². The number of carbonyl (C=O) groups is 1. The maximum absolute atomic E-state index is 13.3. The number of rotatable bonds is 2. The standard InChI is InChI=1S/C22H19Cl2NO/c1-25-20-10-11-21(25)17(13-15-7-3-5-9-19(15)24)22(26)16(20)12-14-6-2-4-8-18(14)23/h2-9,12-13,20-21H,10-11H2,1H3/b16-12-,17-13-/t20-,21+. The smallest absolute Gasteiger partial charge is 0.188 e. The minimum atomic E-state index is 0.107. The van der Waals surface area contributed by atoms with Gasteiger partial charge in [-0.15, -0.1) is 0 Å². The van der Waals surface area contributed by atoms with Crippen LogP contribution in [0.3, 0.4) is 0 Å². The van der Waals surface area contributed by atoms with Gasteiger partial charge in [0, 0.05) is 33.3 Å². The van der Waals surface area contributed by atoms with Crippen molar-refractivity contribution in [1.82, 2.24) is 4.90 Å². The van der Waals surface area contributed by atoms with Gasteiger partial charge in [-0.2, -0.15) is 0 Å². The molecule has 2 nitrogen and oxygen atoms in total. The van der Waals surface area contributed by atoms with Crippen molar-refractivity contribution in [2.75, 3.05) is 7.05 Å². The van der Waals surface area contributed by atoms with Crippen LogP contribution in [0, 0.1) is 0 Å². The Bertz CT molecular complexity index is 858. The van der Waals surface area contributed by atoms with Crippen LogP contribution in [0.5, 0.6) is 0 Å². The van der Waals surface area contributed by atoms with E-state index in [0.717, 1.165) is 35.1 Å². The third kappa shape index (κ3) is 3.03. The molecule has 2 aliphatic rings. The number of Topliss-reactive ketones (excluding diaryl/α,β-unsaturated/α-hetero) is 1. The number of likely N-dealkylation sites (N-methyl/N-ethyl adjacent to an activating group) is 1. The summed E-state index contributed by atoms with van der Waals surface area (Å²) in [6.45, 7) is 0. The Morgan fingerprint density at radius 1 is 0.846 bits per heavy atom. The minimum absolute atomic E-state index is 0.107. The van der Waals surface area contributed by atoms with E-state index >= 15 is 0 Å². The summed E-state index contributed by atoms with van der Waals surface area (Å²) < 4.78 is 0.